The number of ether oxygens (including phenoxy) is 1. The van der Waals surface area contributed by atoms with Crippen LogP contribution in [0.1, 0.15) is 20.3 Å². The maximum Gasteiger partial charge on any atom is 0.220 e. The number of aromatic amines is 1. The Kier molecular flexibility index (Phi) is 4.01. The molecule has 0 saturated carbocycles. The SMILES string of the molecule is CC(C)O[C@@H]1CCN(c2ccnc3[nH]cc(-c4ccnc(N)n4)c23)C1. The number of nitrogens with two attached hydrogens (primary N) is 1. The minimum atomic E-state index is 0.245. The Labute approximate surface area is 146 Å². The van der Waals surface area contributed by atoms with Gasteiger partial charge in [-0.2, -0.15) is 0 Å². The van der Waals surface area contributed by atoms with Gasteiger partial charge in [0.15, 0.2) is 0 Å². The molecule has 3 aromatic rings. The number of rotatable bonds is 4. The first-order valence-electron chi connectivity index (χ1n) is 8.57. The van der Waals surface area contributed by atoms with Gasteiger partial charge in [-0.3, -0.25) is 0 Å². The van der Waals surface area contributed by atoms with E-state index >= 15 is 0 Å². The van der Waals surface area contributed by atoms with Crippen molar-refractivity contribution in [2.75, 3.05) is 23.7 Å². The van der Waals surface area contributed by atoms with Gasteiger partial charge in [0.05, 0.1) is 29.0 Å². The molecular formula is C18H22N6O. The van der Waals surface area contributed by atoms with Crippen molar-refractivity contribution in [2.45, 2.75) is 32.5 Å². The number of hydrogen-bond donors (Lipinski definition) is 2. The van der Waals surface area contributed by atoms with Crippen LogP contribution in [0.25, 0.3) is 22.3 Å². The molecule has 1 saturated heterocycles. The van der Waals surface area contributed by atoms with Crippen molar-refractivity contribution in [3.63, 3.8) is 0 Å². The van der Waals surface area contributed by atoms with Gasteiger partial charge in [0, 0.05) is 37.2 Å². The Hall–Kier alpha value is -2.67. The molecule has 0 unspecified atom stereocenters. The van der Waals surface area contributed by atoms with Gasteiger partial charge in [-0.25, -0.2) is 15.0 Å². The lowest BCUT2D eigenvalue weighted by Gasteiger charge is -2.21. The summed E-state index contributed by atoms with van der Waals surface area (Å²) < 4.78 is 5.98. The molecule has 1 fully saturated rings. The molecule has 3 N–H and O–H groups in total. The van der Waals surface area contributed by atoms with E-state index in [4.69, 9.17) is 10.5 Å². The third-order valence-corrected chi connectivity index (χ3v) is 4.45. The van der Waals surface area contributed by atoms with Crippen LogP contribution >= 0.6 is 0 Å². The molecule has 3 aromatic heterocycles. The van der Waals surface area contributed by atoms with E-state index in [1.165, 1.54) is 0 Å². The normalized spacial score (nSPS) is 17.7. The van der Waals surface area contributed by atoms with Crippen LogP contribution in [0, 0.1) is 0 Å². The predicted molar refractivity (Wildman–Crippen MR) is 98.4 cm³/mol. The highest BCUT2D eigenvalue weighted by Crippen LogP contribution is 2.35. The van der Waals surface area contributed by atoms with Crippen molar-refractivity contribution in [1.29, 1.82) is 0 Å². The largest absolute Gasteiger partial charge is 0.374 e. The van der Waals surface area contributed by atoms with E-state index in [-0.39, 0.29) is 18.2 Å². The quantitative estimate of drug-likeness (QED) is 0.759. The van der Waals surface area contributed by atoms with Gasteiger partial charge in [-0.1, -0.05) is 0 Å². The lowest BCUT2D eigenvalue weighted by Crippen LogP contribution is -2.24. The summed E-state index contributed by atoms with van der Waals surface area (Å²) in [5, 5.41) is 1.06. The maximum absolute atomic E-state index is 5.98. The van der Waals surface area contributed by atoms with Crippen LogP contribution in [-0.2, 0) is 4.74 Å². The molecular weight excluding hydrogens is 316 g/mol. The fourth-order valence-corrected chi connectivity index (χ4v) is 3.47. The summed E-state index contributed by atoms with van der Waals surface area (Å²) in [6, 6.07) is 3.92. The summed E-state index contributed by atoms with van der Waals surface area (Å²) in [7, 11) is 0. The Morgan fingerprint density at radius 3 is 2.92 bits per heavy atom. The average Bonchev–Trinajstić information content (AvgIpc) is 3.21. The van der Waals surface area contributed by atoms with Crippen LogP contribution in [0.15, 0.2) is 30.7 Å². The monoisotopic (exact) mass is 338 g/mol. The van der Waals surface area contributed by atoms with Crippen molar-refractivity contribution in [2.24, 2.45) is 0 Å². The third kappa shape index (κ3) is 3.02. The average molecular weight is 338 g/mol. The van der Waals surface area contributed by atoms with Crippen LogP contribution in [0.5, 0.6) is 0 Å². The Balaban J connectivity index is 1.74. The van der Waals surface area contributed by atoms with E-state index in [2.05, 4.69) is 44.7 Å². The fourth-order valence-electron chi connectivity index (χ4n) is 3.47. The summed E-state index contributed by atoms with van der Waals surface area (Å²) in [5.74, 6) is 0.267. The first-order chi connectivity index (χ1) is 12.1. The smallest absolute Gasteiger partial charge is 0.220 e. The molecule has 0 radical (unpaired) electrons. The number of pyridine rings is 1. The van der Waals surface area contributed by atoms with E-state index in [1.807, 2.05) is 18.5 Å². The second kappa shape index (κ2) is 6.33. The summed E-state index contributed by atoms with van der Waals surface area (Å²) in [5.41, 5.74) is 9.53. The van der Waals surface area contributed by atoms with Gasteiger partial charge in [0.25, 0.3) is 0 Å². The van der Waals surface area contributed by atoms with Crippen molar-refractivity contribution in [3.05, 3.63) is 30.7 Å². The molecule has 4 rings (SSSR count). The summed E-state index contributed by atoms with van der Waals surface area (Å²) >= 11 is 0. The highest BCUT2D eigenvalue weighted by molar-refractivity contribution is 6.02. The van der Waals surface area contributed by atoms with Crippen molar-refractivity contribution >= 4 is 22.7 Å². The molecule has 7 heteroatoms. The molecule has 0 spiro atoms. The molecule has 0 amide bonds. The molecule has 0 aromatic carbocycles. The maximum atomic E-state index is 5.98. The van der Waals surface area contributed by atoms with Crippen molar-refractivity contribution < 1.29 is 4.74 Å². The lowest BCUT2D eigenvalue weighted by atomic mass is 10.1. The van der Waals surface area contributed by atoms with Gasteiger partial charge in [-0.05, 0) is 32.4 Å². The Morgan fingerprint density at radius 1 is 1.28 bits per heavy atom. The minimum Gasteiger partial charge on any atom is -0.374 e. The second-order valence-electron chi connectivity index (χ2n) is 6.60. The fraction of sp³-hybridized carbons (Fsp3) is 0.389. The number of hydrogen-bond acceptors (Lipinski definition) is 6. The molecule has 25 heavy (non-hydrogen) atoms. The van der Waals surface area contributed by atoms with E-state index < -0.39 is 0 Å². The van der Waals surface area contributed by atoms with Gasteiger partial charge in [-0.15, -0.1) is 0 Å². The zero-order valence-corrected chi connectivity index (χ0v) is 14.4. The number of H-pyrrole nitrogens is 1. The number of nitrogens with one attached hydrogen (secondary N) is 1. The van der Waals surface area contributed by atoms with Crippen LogP contribution < -0.4 is 10.6 Å². The number of aromatic nitrogens is 4. The highest BCUT2D eigenvalue weighted by atomic mass is 16.5. The number of fused-ring (bicyclic) bond motifs is 1. The highest BCUT2D eigenvalue weighted by Gasteiger charge is 2.26. The molecule has 7 nitrogen and oxygen atoms in total. The standard InChI is InChI=1S/C18H22N6O/c1-11(2)25-12-5-8-24(10-12)15-4-7-20-17-16(15)13(9-22-17)14-3-6-21-18(19)23-14/h3-4,6-7,9,11-12H,5,8,10H2,1-2H3,(H,20,22)(H2,19,21,23)/t12-/m1/s1. The summed E-state index contributed by atoms with van der Waals surface area (Å²) in [6.45, 7) is 6.01. The first-order valence-corrected chi connectivity index (χ1v) is 8.57. The molecule has 1 atom stereocenters. The van der Waals surface area contributed by atoms with Crippen LogP contribution in [0.4, 0.5) is 11.6 Å². The molecule has 1 aliphatic heterocycles. The molecule has 130 valence electrons. The number of nitrogen functional groups attached to an aromatic ring is 1. The van der Waals surface area contributed by atoms with E-state index in [0.29, 0.717) is 0 Å². The lowest BCUT2D eigenvalue weighted by molar-refractivity contribution is 0.0211. The third-order valence-electron chi connectivity index (χ3n) is 4.45. The molecule has 1 aliphatic rings. The predicted octanol–water partition coefficient (Wildman–Crippen LogP) is 2.61. The topological polar surface area (TPSA) is 93.0 Å². The van der Waals surface area contributed by atoms with Crippen LogP contribution in [0.2, 0.25) is 0 Å². The number of nitrogens with zero attached hydrogens (tertiary/aromatic N) is 4. The summed E-state index contributed by atoms with van der Waals surface area (Å²) in [6.07, 6.45) is 6.98. The molecule has 0 aliphatic carbocycles. The first kappa shape index (κ1) is 15.8. The van der Waals surface area contributed by atoms with Gasteiger partial charge < -0.3 is 20.4 Å². The minimum absolute atomic E-state index is 0.245. The zero-order valence-electron chi connectivity index (χ0n) is 14.4. The second-order valence-corrected chi connectivity index (χ2v) is 6.60. The van der Waals surface area contributed by atoms with Crippen molar-refractivity contribution in [3.8, 4) is 11.3 Å². The Bertz CT molecular complexity index is 890. The number of anilines is 2. The molecule has 4 heterocycles. The van der Waals surface area contributed by atoms with E-state index in [9.17, 15) is 0 Å². The van der Waals surface area contributed by atoms with Gasteiger partial charge in [0.2, 0.25) is 5.95 Å². The molecule has 0 bridgehead atoms. The van der Waals surface area contributed by atoms with Gasteiger partial charge in [0.1, 0.15) is 5.65 Å². The van der Waals surface area contributed by atoms with E-state index in [1.54, 1.807) is 6.20 Å². The van der Waals surface area contributed by atoms with Crippen LogP contribution in [-0.4, -0.2) is 45.2 Å². The van der Waals surface area contributed by atoms with Crippen LogP contribution in [0.3, 0.4) is 0 Å². The van der Waals surface area contributed by atoms with Gasteiger partial charge >= 0.3 is 0 Å². The van der Waals surface area contributed by atoms with Crippen molar-refractivity contribution in [1.82, 2.24) is 19.9 Å². The zero-order chi connectivity index (χ0) is 17.4. The van der Waals surface area contributed by atoms with E-state index in [0.717, 1.165) is 47.5 Å². The Morgan fingerprint density at radius 2 is 2.12 bits per heavy atom. The summed E-state index contributed by atoms with van der Waals surface area (Å²) in [4.78, 5) is 18.4.